The minimum absolute atomic E-state index is 0.0347. The fraction of sp³-hybridized carbons (Fsp3) is 0.353. The van der Waals surface area contributed by atoms with Gasteiger partial charge in [-0.2, -0.15) is 4.98 Å². The van der Waals surface area contributed by atoms with Gasteiger partial charge in [0.25, 0.3) is 0 Å². The predicted molar refractivity (Wildman–Crippen MR) is 97.6 cm³/mol. The number of aromatic nitrogens is 4. The number of fused-ring (bicyclic) bond motifs is 1. The van der Waals surface area contributed by atoms with Crippen molar-refractivity contribution in [2.45, 2.75) is 35.4 Å². The number of aliphatic hydroxyl groups excluding tert-OH is 2. The molecule has 3 aromatic rings. The van der Waals surface area contributed by atoms with E-state index in [1.165, 1.54) is 22.7 Å². The molecule has 142 valence electrons. The number of benzene rings is 1. The largest absolute Gasteiger partial charge is 0.394 e. The molecule has 3 heterocycles. The molecular formula is C17H18FN5O3S. The van der Waals surface area contributed by atoms with E-state index in [1.54, 1.807) is 0 Å². The lowest BCUT2D eigenvalue weighted by atomic mass is 10.1. The topological polar surface area (TPSA) is 119 Å². The second kappa shape index (κ2) is 7.39. The van der Waals surface area contributed by atoms with Crippen LogP contribution < -0.4 is 5.73 Å². The van der Waals surface area contributed by atoms with E-state index in [2.05, 4.69) is 15.0 Å². The van der Waals surface area contributed by atoms with Crippen molar-refractivity contribution in [1.82, 2.24) is 19.5 Å². The van der Waals surface area contributed by atoms with Gasteiger partial charge in [0.2, 0.25) is 5.95 Å². The summed E-state index contributed by atoms with van der Waals surface area (Å²) in [6.07, 6.45) is -3.92. The monoisotopic (exact) mass is 391 g/mol. The number of thioether (sulfide) groups is 1. The number of hydrogen-bond acceptors (Lipinski definition) is 8. The Morgan fingerprint density at radius 2 is 2.04 bits per heavy atom. The van der Waals surface area contributed by atoms with Crippen LogP contribution in [0.3, 0.4) is 0 Å². The molecular weight excluding hydrogens is 373 g/mol. The minimum atomic E-state index is -1.73. The fourth-order valence-electron chi connectivity index (χ4n) is 3.00. The van der Waals surface area contributed by atoms with Gasteiger partial charge in [0.15, 0.2) is 18.0 Å². The maximum atomic E-state index is 14.5. The molecule has 0 unspecified atom stereocenters. The van der Waals surface area contributed by atoms with Gasteiger partial charge in [0, 0.05) is 5.75 Å². The van der Waals surface area contributed by atoms with E-state index < -0.39 is 31.2 Å². The smallest absolute Gasteiger partial charge is 0.223 e. The lowest BCUT2D eigenvalue weighted by Gasteiger charge is -2.15. The number of nitrogens with zero attached hydrogens (tertiary/aromatic N) is 4. The van der Waals surface area contributed by atoms with Crippen LogP contribution >= 0.6 is 11.8 Å². The van der Waals surface area contributed by atoms with Crippen LogP contribution in [0.15, 0.2) is 41.7 Å². The number of ether oxygens (including phenoxy) is 1. The van der Waals surface area contributed by atoms with Crippen molar-refractivity contribution in [3.05, 3.63) is 42.2 Å². The van der Waals surface area contributed by atoms with Gasteiger partial charge < -0.3 is 20.7 Å². The Kier molecular flexibility index (Phi) is 4.96. The third-order valence-corrected chi connectivity index (χ3v) is 5.41. The summed E-state index contributed by atoms with van der Waals surface area (Å²) in [4.78, 5) is 12.7. The molecule has 10 heteroatoms. The van der Waals surface area contributed by atoms with Crippen LogP contribution in [0, 0.1) is 0 Å². The van der Waals surface area contributed by atoms with E-state index >= 15 is 0 Å². The van der Waals surface area contributed by atoms with Crippen molar-refractivity contribution < 1.29 is 19.3 Å². The molecule has 0 amide bonds. The van der Waals surface area contributed by atoms with E-state index in [-0.39, 0.29) is 5.95 Å². The van der Waals surface area contributed by atoms with Gasteiger partial charge in [0.05, 0.1) is 12.9 Å². The van der Waals surface area contributed by atoms with Gasteiger partial charge in [-0.25, -0.2) is 14.4 Å². The summed E-state index contributed by atoms with van der Waals surface area (Å²) in [5.41, 5.74) is 7.74. The quantitative estimate of drug-likeness (QED) is 0.440. The minimum Gasteiger partial charge on any atom is -0.394 e. The second-order valence-corrected chi connectivity index (χ2v) is 7.13. The number of nitrogen functional groups attached to an aromatic ring is 1. The van der Waals surface area contributed by atoms with Crippen molar-refractivity contribution >= 4 is 28.9 Å². The summed E-state index contributed by atoms with van der Waals surface area (Å²) in [6.45, 7) is -0.486. The molecule has 0 saturated carbocycles. The molecule has 27 heavy (non-hydrogen) atoms. The molecule has 4 rings (SSSR count). The number of rotatable bonds is 5. The molecule has 1 saturated heterocycles. The molecule has 2 aromatic heterocycles. The van der Waals surface area contributed by atoms with Gasteiger partial charge in [-0.05, 0) is 5.56 Å². The van der Waals surface area contributed by atoms with Gasteiger partial charge >= 0.3 is 0 Å². The highest BCUT2D eigenvalue weighted by Crippen LogP contribution is 2.35. The Morgan fingerprint density at radius 3 is 2.74 bits per heavy atom. The SMILES string of the molecule is Nc1nc(SCc2ccccc2)c2ncn([C@@H]3O[C@H](CO)[C@@H](O)[C@H]3F)c2n1. The Morgan fingerprint density at radius 1 is 1.26 bits per heavy atom. The van der Waals surface area contributed by atoms with Gasteiger partial charge in [-0.3, -0.25) is 4.57 Å². The number of aliphatic hydroxyl groups is 2. The first-order chi connectivity index (χ1) is 13.1. The number of alkyl halides is 1. The van der Waals surface area contributed by atoms with Crippen LogP contribution in [-0.2, 0) is 10.5 Å². The van der Waals surface area contributed by atoms with E-state index in [0.29, 0.717) is 21.9 Å². The number of hydrogen-bond donors (Lipinski definition) is 3. The van der Waals surface area contributed by atoms with Crippen LogP contribution in [0.1, 0.15) is 11.8 Å². The summed E-state index contributed by atoms with van der Waals surface area (Å²) < 4.78 is 21.3. The molecule has 0 bridgehead atoms. The number of halogens is 1. The Bertz CT molecular complexity index is 941. The zero-order valence-corrected chi connectivity index (χ0v) is 15.0. The molecule has 1 aliphatic rings. The Balaban J connectivity index is 1.66. The van der Waals surface area contributed by atoms with Crippen molar-refractivity contribution in [2.24, 2.45) is 0 Å². The number of nitrogens with two attached hydrogens (primary N) is 1. The standard InChI is InChI=1S/C17H18FN5O3S/c18-11-13(25)10(6-24)26-16(11)23-8-20-12-14(23)21-17(19)22-15(12)27-7-9-4-2-1-3-5-9/h1-5,8,10-11,13,16,24-25H,6-7H2,(H2,19,21,22)/t10-,11-,13-,16-/m1/s1. The number of imidazole rings is 1. The van der Waals surface area contributed by atoms with Gasteiger partial charge in [0.1, 0.15) is 22.8 Å². The third-order valence-electron chi connectivity index (χ3n) is 4.37. The summed E-state index contributed by atoms with van der Waals surface area (Å²) in [5, 5.41) is 19.7. The predicted octanol–water partition coefficient (Wildman–Crippen LogP) is 1.29. The number of anilines is 1. The molecule has 8 nitrogen and oxygen atoms in total. The second-order valence-electron chi connectivity index (χ2n) is 6.17. The normalized spacial score (nSPS) is 25.3. The zero-order valence-electron chi connectivity index (χ0n) is 14.1. The van der Waals surface area contributed by atoms with E-state index in [9.17, 15) is 14.6 Å². The van der Waals surface area contributed by atoms with Crippen molar-refractivity contribution in [2.75, 3.05) is 12.3 Å². The average Bonchev–Trinajstić information content (AvgIpc) is 3.22. The summed E-state index contributed by atoms with van der Waals surface area (Å²) in [5.74, 6) is 0.698. The first-order valence-electron chi connectivity index (χ1n) is 8.33. The molecule has 1 fully saturated rings. The lowest BCUT2D eigenvalue weighted by molar-refractivity contribution is -0.0459. The third kappa shape index (κ3) is 3.36. The summed E-state index contributed by atoms with van der Waals surface area (Å²) in [6, 6.07) is 9.86. The van der Waals surface area contributed by atoms with E-state index in [4.69, 9.17) is 10.5 Å². The first-order valence-corrected chi connectivity index (χ1v) is 9.32. The van der Waals surface area contributed by atoms with Crippen LogP contribution in [0.2, 0.25) is 0 Å². The van der Waals surface area contributed by atoms with Gasteiger partial charge in [-0.1, -0.05) is 42.1 Å². The van der Waals surface area contributed by atoms with Crippen LogP contribution in [0.5, 0.6) is 0 Å². The molecule has 0 radical (unpaired) electrons. The van der Waals surface area contributed by atoms with Crippen LogP contribution in [-0.4, -0.2) is 54.7 Å². The fourth-order valence-corrected chi connectivity index (χ4v) is 3.93. The molecule has 4 atom stereocenters. The average molecular weight is 391 g/mol. The molecule has 0 spiro atoms. The highest BCUT2D eigenvalue weighted by molar-refractivity contribution is 7.98. The first kappa shape index (κ1) is 18.1. The lowest BCUT2D eigenvalue weighted by Crippen LogP contribution is -2.30. The molecule has 1 aliphatic heterocycles. The van der Waals surface area contributed by atoms with Crippen molar-refractivity contribution in [1.29, 1.82) is 0 Å². The van der Waals surface area contributed by atoms with Crippen LogP contribution in [0.4, 0.5) is 10.3 Å². The van der Waals surface area contributed by atoms with Crippen LogP contribution in [0.25, 0.3) is 11.2 Å². The maximum absolute atomic E-state index is 14.5. The zero-order chi connectivity index (χ0) is 19.0. The summed E-state index contributed by atoms with van der Waals surface area (Å²) in [7, 11) is 0. The maximum Gasteiger partial charge on any atom is 0.223 e. The van der Waals surface area contributed by atoms with Crippen molar-refractivity contribution in [3.8, 4) is 0 Å². The molecule has 0 aliphatic carbocycles. The van der Waals surface area contributed by atoms with E-state index in [1.807, 2.05) is 30.3 Å². The Labute approximate surface area is 158 Å². The van der Waals surface area contributed by atoms with Gasteiger partial charge in [-0.15, -0.1) is 0 Å². The molecule has 1 aromatic carbocycles. The van der Waals surface area contributed by atoms with Crippen molar-refractivity contribution in [3.63, 3.8) is 0 Å². The molecule has 4 N–H and O–H groups in total. The highest BCUT2D eigenvalue weighted by Gasteiger charge is 2.45. The highest BCUT2D eigenvalue weighted by atomic mass is 32.2. The van der Waals surface area contributed by atoms with E-state index in [0.717, 1.165) is 5.56 Å². The Hall–Kier alpha value is -2.27. The summed E-state index contributed by atoms with van der Waals surface area (Å²) >= 11 is 1.45.